The quantitative estimate of drug-likeness (QED) is 0.108. The molecule has 4 saturated carbocycles. The molecule has 1 heterocycles. The first-order valence-corrected chi connectivity index (χ1v) is 24.5. The first-order chi connectivity index (χ1) is 27.9. The number of piperidine rings is 1. The smallest absolute Gasteiger partial charge is 0.315 e. The number of ketones is 1. The molecule has 15 heteroatoms. The fourth-order valence-electron chi connectivity index (χ4n) is 10.3. The Morgan fingerprint density at radius 2 is 1.43 bits per heavy atom. The van der Waals surface area contributed by atoms with Crippen LogP contribution < -0.4 is 21.3 Å². The van der Waals surface area contributed by atoms with Crippen LogP contribution >= 0.6 is 0 Å². The van der Waals surface area contributed by atoms with Gasteiger partial charge in [-0.1, -0.05) is 85.5 Å². The van der Waals surface area contributed by atoms with E-state index in [1.54, 1.807) is 39.5 Å². The molecule has 5 atom stereocenters. The van der Waals surface area contributed by atoms with Crippen LogP contribution in [0.2, 0.25) is 0 Å². The van der Waals surface area contributed by atoms with Gasteiger partial charge in [-0.25, -0.2) is 13.2 Å². The second-order valence-electron chi connectivity index (χ2n) is 21.4. The molecule has 4 N–H and O–H groups in total. The minimum absolute atomic E-state index is 0.0282. The number of fused-ring (bicyclic) bond motifs is 1. The normalized spacial score (nSPS) is 25.7. The Morgan fingerprint density at radius 1 is 0.833 bits per heavy atom. The zero-order valence-corrected chi connectivity index (χ0v) is 38.7. The Bertz CT molecular complexity index is 1740. The number of nitrogens with zero attached hydrogens (tertiary/aromatic N) is 1. The van der Waals surface area contributed by atoms with Gasteiger partial charge in [0.1, 0.15) is 17.7 Å². The van der Waals surface area contributed by atoms with Gasteiger partial charge in [0.25, 0.3) is 5.91 Å². The minimum atomic E-state index is -3.60. The molecule has 2 unspecified atom stereocenters. The molecule has 4 aliphatic carbocycles. The highest BCUT2D eigenvalue weighted by atomic mass is 32.2. The van der Waals surface area contributed by atoms with E-state index >= 15 is 4.79 Å². The summed E-state index contributed by atoms with van der Waals surface area (Å²) in [5.74, 6) is -3.24. The van der Waals surface area contributed by atoms with Gasteiger partial charge in [0, 0.05) is 13.1 Å². The van der Waals surface area contributed by atoms with E-state index in [-0.39, 0.29) is 54.2 Å². The maximum absolute atomic E-state index is 15.1. The molecule has 1 saturated heterocycles. The Balaban J connectivity index is 1.36. The van der Waals surface area contributed by atoms with E-state index < -0.39 is 78.9 Å². The molecular weight excluding hydrogens is 787 g/mol. The SMILES string of the molecule is CCC(C)(C)S(=O)(=O)CC1(NC(=O)N[C@H](C(=O)N2CC3[C@@H]([C@H]2C(=O)NC(CC2CCC2)C(=O)C(=O)NCCC(=O)OC(C)(C)C)C3(C)C)C2(C)CCCCC2)CCCCC1. The summed E-state index contributed by atoms with van der Waals surface area (Å²) in [7, 11) is -3.60. The van der Waals surface area contributed by atoms with Crippen LogP contribution in [0.3, 0.4) is 0 Å². The van der Waals surface area contributed by atoms with Gasteiger partial charge in [0.15, 0.2) is 9.84 Å². The van der Waals surface area contributed by atoms with Crippen molar-refractivity contribution in [3.8, 4) is 0 Å². The largest absolute Gasteiger partial charge is 0.460 e. The van der Waals surface area contributed by atoms with Gasteiger partial charge in [-0.05, 0) is 102 Å². The number of rotatable bonds is 17. The van der Waals surface area contributed by atoms with E-state index in [4.69, 9.17) is 4.74 Å². The number of Topliss-reactive ketones (excluding diaryl/α,β-unsaturated/α-hetero) is 1. The molecular formula is C45H75N5O9S. The standard InChI is InChI=1S/C45H75N5O9S/c1-10-42(5,6)60(57,58)28-45(23-15-12-16-24-45)49-40(56)48-36(44(9)21-13-11-14-22-44)39(55)50-27-30-33(43(30,7)8)34(50)37(53)47-31(26-29-18-17-19-29)35(52)38(54)46-25-20-32(51)59-41(2,3)4/h29-31,33-34,36H,10-28H2,1-9H3,(H,46,54)(H,47,53)(H2,48,49,56)/t30?,31?,33-,34-,36+/m0/s1. The summed E-state index contributed by atoms with van der Waals surface area (Å²) in [6.45, 7) is 16.9. The lowest BCUT2D eigenvalue weighted by Gasteiger charge is -2.44. The number of esters is 1. The summed E-state index contributed by atoms with van der Waals surface area (Å²) in [5.41, 5.74) is -2.52. The maximum Gasteiger partial charge on any atom is 0.315 e. The maximum atomic E-state index is 15.1. The molecule has 0 bridgehead atoms. The van der Waals surface area contributed by atoms with Crippen LogP contribution in [0, 0.1) is 28.6 Å². The number of carbonyl (C=O) groups is 6. The summed E-state index contributed by atoms with van der Waals surface area (Å²) in [6, 6.07) is -3.60. The first-order valence-electron chi connectivity index (χ1n) is 22.8. The van der Waals surface area contributed by atoms with Crippen LogP contribution in [-0.4, -0.2) is 102 Å². The summed E-state index contributed by atoms with van der Waals surface area (Å²) in [6.07, 6.45) is 11.1. The molecule has 5 rings (SSSR count). The van der Waals surface area contributed by atoms with Crippen molar-refractivity contribution >= 4 is 45.3 Å². The predicted molar refractivity (Wildman–Crippen MR) is 229 cm³/mol. The summed E-state index contributed by atoms with van der Waals surface area (Å²) in [5, 5.41) is 11.6. The number of carbonyl (C=O) groups excluding carboxylic acids is 6. The van der Waals surface area contributed by atoms with Crippen LogP contribution in [0.1, 0.15) is 165 Å². The highest BCUT2D eigenvalue weighted by Crippen LogP contribution is 2.65. The summed E-state index contributed by atoms with van der Waals surface area (Å²) in [4.78, 5) is 84.7. The number of urea groups is 1. The highest BCUT2D eigenvalue weighted by Gasteiger charge is 2.70. The van der Waals surface area contributed by atoms with Crippen LogP contribution in [-0.2, 0) is 38.5 Å². The topological polar surface area (TPSA) is 197 Å². The van der Waals surface area contributed by atoms with Crippen molar-refractivity contribution in [2.75, 3.05) is 18.8 Å². The lowest BCUT2D eigenvalue weighted by Crippen LogP contribution is -2.65. The fourth-order valence-corrected chi connectivity index (χ4v) is 12.3. The third-order valence-electron chi connectivity index (χ3n) is 15.0. The van der Waals surface area contributed by atoms with Gasteiger partial charge < -0.3 is 30.9 Å². The zero-order chi connectivity index (χ0) is 44.5. The third kappa shape index (κ3) is 10.9. The van der Waals surface area contributed by atoms with Gasteiger partial charge >= 0.3 is 12.0 Å². The predicted octanol–water partition coefficient (Wildman–Crippen LogP) is 5.51. The van der Waals surface area contributed by atoms with E-state index in [2.05, 4.69) is 35.1 Å². The second kappa shape index (κ2) is 18.2. The van der Waals surface area contributed by atoms with Crippen LogP contribution in [0.4, 0.5) is 4.79 Å². The third-order valence-corrected chi connectivity index (χ3v) is 17.9. The van der Waals surface area contributed by atoms with Crippen molar-refractivity contribution in [3.05, 3.63) is 0 Å². The second-order valence-corrected chi connectivity index (χ2v) is 24.0. The molecule has 340 valence electrons. The molecule has 1 aliphatic heterocycles. The number of nitrogens with one attached hydrogen (secondary N) is 4. The number of ether oxygens (including phenoxy) is 1. The van der Waals surface area contributed by atoms with Crippen molar-refractivity contribution in [3.63, 3.8) is 0 Å². The van der Waals surface area contributed by atoms with E-state index in [9.17, 15) is 32.4 Å². The Kier molecular flexibility index (Phi) is 14.5. The molecule has 5 amide bonds. The van der Waals surface area contributed by atoms with Gasteiger partial charge in [0.05, 0.1) is 28.5 Å². The molecule has 60 heavy (non-hydrogen) atoms. The van der Waals surface area contributed by atoms with Gasteiger partial charge in [-0.2, -0.15) is 0 Å². The van der Waals surface area contributed by atoms with E-state index in [0.29, 0.717) is 38.6 Å². The average Bonchev–Trinajstić information content (AvgIpc) is 3.43. The van der Waals surface area contributed by atoms with Crippen molar-refractivity contribution in [2.45, 2.75) is 199 Å². The first kappa shape index (κ1) is 47.8. The fraction of sp³-hybridized carbons (Fsp3) is 0.867. The molecule has 0 aromatic rings. The van der Waals surface area contributed by atoms with E-state index in [0.717, 1.165) is 57.8 Å². The highest BCUT2D eigenvalue weighted by molar-refractivity contribution is 7.92. The van der Waals surface area contributed by atoms with Crippen molar-refractivity contribution in [2.24, 2.45) is 28.6 Å². The summed E-state index contributed by atoms with van der Waals surface area (Å²) < 4.78 is 31.8. The lowest BCUT2D eigenvalue weighted by atomic mass is 9.70. The van der Waals surface area contributed by atoms with Crippen molar-refractivity contribution < 1.29 is 41.9 Å². The molecule has 14 nitrogen and oxygen atoms in total. The van der Waals surface area contributed by atoms with Gasteiger partial charge in [-0.3, -0.25) is 24.0 Å². The van der Waals surface area contributed by atoms with Crippen molar-refractivity contribution in [1.82, 2.24) is 26.2 Å². The Morgan fingerprint density at radius 3 is 1.98 bits per heavy atom. The average molecular weight is 862 g/mol. The number of hydrogen-bond acceptors (Lipinski definition) is 9. The van der Waals surface area contributed by atoms with Crippen LogP contribution in [0.25, 0.3) is 0 Å². The molecule has 5 fully saturated rings. The minimum Gasteiger partial charge on any atom is -0.460 e. The molecule has 0 radical (unpaired) electrons. The van der Waals surface area contributed by atoms with E-state index in [1.165, 1.54) is 0 Å². The number of sulfone groups is 1. The Hall–Kier alpha value is -3.23. The Labute approximate surface area is 358 Å². The molecule has 0 aromatic heterocycles. The van der Waals surface area contributed by atoms with Gasteiger partial charge in [0.2, 0.25) is 17.6 Å². The van der Waals surface area contributed by atoms with Crippen molar-refractivity contribution in [1.29, 1.82) is 0 Å². The molecule has 5 aliphatic rings. The number of amides is 5. The van der Waals surface area contributed by atoms with E-state index in [1.807, 2.05) is 13.8 Å². The number of hydrogen-bond donors (Lipinski definition) is 4. The number of likely N-dealkylation sites (tertiary alicyclic amines) is 1. The monoisotopic (exact) mass is 862 g/mol. The van der Waals surface area contributed by atoms with Crippen LogP contribution in [0.5, 0.6) is 0 Å². The lowest BCUT2D eigenvalue weighted by molar-refractivity contribution is -0.154. The van der Waals surface area contributed by atoms with Gasteiger partial charge in [-0.15, -0.1) is 0 Å². The molecule has 0 spiro atoms. The zero-order valence-electron chi connectivity index (χ0n) is 37.9. The van der Waals surface area contributed by atoms with Crippen LogP contribution in [0.15, 0.2) is 0 Å². The molecule has 0 aromatic carbocycles. The summed E-state index contributed by atoms with van der Waals surface area (Å²) >= 11 is 0.